The van der Waals surface area contributed by atoms with Crippen molar-refractivity contribution in [2.24, 2.45) is 0 Å². The number of carbonyl (C=O) groups excluding carboxylic acids is 1. The highest BCUT2D eigenvalue weighted by Gasteiger charge is 2.29. The largest absolute Gasteiger partial charge is 0.481 e. The number of hydrogen-bond donors (Lipinski definition) is 2. The average Bonchev–Trinajstić information content (AvgIpc) is 2.42. The van der Waals surface area contributed by atoms with Crippen molar-refractivity contribution in [3.63, 3.8) is 0 Å². The highest BCUT2D eigenvalue weighted by atomic mass is 19.1. The number of nitrogens with one attached hydrogen (secondary N) is 1. The second-order valence-corrected chi connectivity index (χ2v) is 5.59. The van der Waals surface area contributed by atoms with E-state index >= 15 is 0 Å². The first-order valence-electron chi connectivity index (χ1n) is 7.10. The zero-order valence-electron chi connectivity index (χ0n) is 12.5. The van der Waals surface area contributed by atoms with Crippen LogP contribution in [0.1, 0.15) is 45.1 Å². The molecule has 116 valence electrons. The molecular formula is C16H22FNO3. The Labute approximate surface area is 124 Å². The third-order valence-corrected chi connectivity index (χ3v) is 3.49. The van der Waals surface area contributed by atoms with Crippen LogP contribution in [0.15, 0.2) is 24.3 Å². The minimum Gasteiger partial charge on any atom is -0.481 e. The Balaban J connectivity index is 2.39. The summed E-state index contributed by atoms with van der Waals surface area (Å²) in [4.78, 5) is 22.5. The topological polar surface area (TPSA) is 66.4 Å². The summed E-state index contributed by atoms with van der Waals surface area (Å²) in [6, 6.07) is 5.91. The maximum absolute atomic E-state index is 12.9. The van der Waals surface area contributed by atoms with Crippen LogP contribution in [-0.4, -0.2) is 23.5 Å². The predicted molar refractivity (Wildman–Crippen MR) is 78.5 cm³/mol. The Kier molecular flexibility index (Phi) is 6.34. The lowest BCUT2D eigenvalue weighted by atomic mass is 9.83. The van der Waals surface area contributed by atoms with Crippen molar-refractivity contribution < 1.29 is 19.1 Å². The average molecular weight is 295 g/mol. The lowest BCUT2D eigenvalue weighted by molar-refractivity contribution is -0.137. The van der Waals surface area contributed by atoms with Gasteiger partial charge < -0.3 is 10.4 Å². The van der Waals surface area contributed by atoms with Gasteiger partial charge in [-0.3, -0.25) is 9.59 Å². The fourth-order valence-corrected chi connectivity index (χ4v) is 2.00. The van der Waals surface area contributed by atoms with Crippen LogP contribution in [0.25, 0.3) is 0 Å². The molecule has 0 atom stereocenters. The van der Waals surface area contributed by atoms with Crippen molar-refractivity contribution in [1.29, 1.82) is 0 Å². The van der Waals surface area contributed by atoms with Gasteiger partial charge in [0.05, 0.1) is 5.41 Å². The van der Waals surface area contributed by atoms with Crippen LogP contribution in [0, 0.1) is 5.82 Å². The molecule has 0 aliphatic rings. The number of carbonyl (C=O) groups is 2. The highest BCUT2D eigenvalue weighted by Crippen LogP contribution is 2.23. The SMILES string of the molecule is CC(C)(C(=O)NCCCCCC(=O)O)c1ccc(F)cc1. The number of hydrogen-bond acceptors (Lipinski definition) is 2. The van der Waals surface area contributed by atoms with E-state index in [-0.39, 0.29) is 18.1 Å². The summed E-state index contributed by atoms with van der Waals surface area (Å²) in [7, 11) is 0. The van der Waals surface area contributed by atoms with E-state index in [1.807, 2.05) is 0 Å². The number of carboxylic acids is 1. The molecule has 2 N–H and O–H groups in total. The van der Waals surface area contributed by atoms with E-state index in [0.29, 0.717) is 13.0 Å². The van der Waals surface area contributed by atoms with Crippen molar-refractivity contribution in [3.05, 3.63) is 35.6 Å². The van der Waals surface area contributed by atoms with E-state index < -0.39 is 11.4 Å². The molecule has 0 saturated carbocycles. The van der Waals surface area contributed by atoms with E-state index in [1.165, 1.54) is 12.1 Å². The van der Waals surface area contributed by atoms with Crippen LogP contribution in [0.2, 0.25) is 0 Å². The maximum atomic E-state index is 12.9. The summed E-state index contributed by atoms with van der Waals surface area (Å²) >= 11 is 0. The zero-order valence-corrected chi connectivity index (χ0v) is 12.5. The van der Waals surface area contributed by atoms with Crippen LogP contribution < -0.4 is 5.32 Å². The first kappa shape index (κ1) is 17.1. The Morgan fingerprint density at radius 3 is 2.33 bits per heavy atom. The first-order valence-corrected chi connectivity index (χ1v) is 7.10. The summed E-state index contributed by atoms with van der Waals surface area (Å²) in [5.74, 6) is -1.24. The summed E-state index contributed by atoms with van der Waals surface area (Å²) in [6.45, 7) is 4.10. The Bertz CT molecular complexity index is 483. The third kappa shape index (κ3) is 5.53. The Hall–Kier alpha value is -1.91. The maximum Gasteiger partial charge on any atom is 0.303 e. The molecule has 0 spiro atoms. The lowest BCUT2D eigenvalue weighted by Gasteiger charge is -2.24. The standard InChI is InChI=1S/C16H22FNO3/c1-16(2,12-7-9-13(17)10-8-12)15(21)18-11-5-3-4-6-14(19)20/h7-10H,3-6,11H2,1-2H3,(H,18,21)(H,19,20). The molecule has 0 fully saturated rings. The van der Waals surface area contributed by atoms with Gasteiger partial charge in [0, 0.05) is 13.0 Å². The predicted octanol–water partition coefficient (Wildman–Crippen LogP) is 2.86. The Morgan fingerprint density at radius 1 is 1.14 bits per heavy atom. The van der Waals surface area contributed by atoms with Gasteiger partial charge in [0.1, 0.15) is 5.82 Å². The smallest absolute Gasteiger partial charge is 0.303 e. The van der Waals surface area contributed by atoms with Gasteiger partial charge in [0.25, 0.3) is 0 Å². The van der Waals surface area contributed by atoms with E-state index in [1.54, 1.807) is 26.0 Å². The van der Waals surface area contributed by atoms with Gasteiger partial charge in [-0.05, 0) is 44.4 Å². The van der Waals surface area contributed by atoms with Crippen LogP contribution >= 0.6 is 0 Å². The molecule has 0 aliphatic heterocycles. The molecule has 1 aromatic rings. The molecule has 0 radical (unpaired) electrons. The monoisotopic (exact) mass is 295 g/mol. The van der Waals surface area contributed by atoms with Gasteiger partial charge in [0.15, 0.2) is 0 Å². The van der Waals surface area contributed by atoms with E-state index in [2.05, 4.69) is 5.32 Å². The van der Waals surface area contributed by atoms with Gasteiger partial charge in [0.2, 0.25) is 5.91 Å². The molecule has 0 saturated heterocycles. The van der Waals surface area contributed by atoms with Crippen LogP contribution in [0.3, 0.4) is 0 Å². The van der Waals surface area contributed by atoms with Gasteiger partial charge in [-0.2, -0.15) is 0 Å². The molecule has 0 aromatic heterocycles. The summed E-state index contributed by atoms with van der Waals surface area (Å²) in [5.41, 5.74) is 0.0293. The lowest BCUT2D eigenvalue weighted by Crippen LogP contribution is -2.40. The summed E-state index contributed by atoms with van der Waals surface area (Å²) < 4.78 is 12.9. The van der Waals surface area contributed by atoms with Crippen LogP contribution in [0.5, 0.6) is 0 Å². The summed E-state index contributed by atoms with van der Waals surface area (Å²) in [6.07, 6.45) is 2.30. The fourth-order valence-electron chi connectivity index (χ4n) is 2.00. The number of carboxylic acid groups (broad SMARTS) is 1. The van der Waals surface area contributed by atoms with E-state index in [0.717, 1.165) is 18.4 Å². The van der Waals surface area contributed by atoms with Crippen molar-refractivity contribution in [1.82, 2.24) is 5.32 Å². The number of amides is 1. The minimum atomic E-state index is -0.795. The van der Waals surface area contributed by atoms with Crippen molar-refractivity contribution >= 4 is 11.9 Å². The van der Waals surface area contributed by atoms with Crippen molar-refractivity contribution in [2.75, 3.05) is 6.54 Å². The first-order chi connectivity index (χ1) is 9.84. The van der Waals surface area contributed by atoms with Gasteiger partial charge in [-0.1, -0.05) is 18.6 Å². The van der Waals surface area contributed by atoms with Gasteiger partial charge >= 0.3 is 5.97 Å². The number of halogens is 1. The molecule has 5 heteroatoms. The third-order valence-electron chi connectivity index (χ3n) is 3.49. The quantitative estimate of drug-likeness (QED) is 0.725. The zero-order chi connectivity index (χ0) is 15.9. The number of unbranched alkanes of at least 4 members (excludes halogenated alkanes) is 2. The molecule has 0 unspecified atom stereocenters. The van der Waals surface area contributed by atoms with Gasteiger partial charge in [-0.15, -0.1) is 0 Å². The van der Waals surface area contributed by atoms with Crippen molar-refractivity contribution in [2.45, 2.75) is 44.9 Å². The molecule has 1 aromatic carbocycles. The van der Waals surface area contributed by atoms with Gasteiger partial charge in [-0.25, -0.2) is 4.39 Å². The molecule has 0 heterocycles. The van der Waals surface area contributed by atoms with Crippen LogP contribution in [0.4, 0.5) is 4.39 Å². The van der Waals surface area contributed by atoms with Crippen LogP contribution in [-0.2, 0) is 15.0 Å². The minimum absolute atomic E-state index is 0.118. The second kappa shape index (κ2) is 7.76. The molecule has 4 nitrogen and oxygen atoms in total. The van der Waals surface area contributed by atoms with E-state index in [9.17, 15) is 14.0 Å². The molecule has 0 bridgehead atoms. The fraction of sp³-hybridized carbons (Fsp3) is 0.500. The second-order valence-electron chi connectivity index (χ2n) is 5.59. The molecule has 0 aliphatic carbocycles. The molecule has 1 amide bonds. The summed E-state index contributed by atoms with van der Waals surface area (Å²) in [5, 5.41) is 11.4. The number of benzene rings is 1. The normalized spacial score (nSPS) is 11.2. The van der Waals surface area contributed by atoms with E-state index in [4.69, 9.17) is 5.11 Å². The molecule has 21 heavy (non-hydrogen) atoms. The molecule has 1 rings (SSSR count). The number of rotatable bonds is 8. The molecular weight excluding hydrogens is 273 g/mol. The number of aliphatic carboxylic acids is 1. The Morgan fingerprint density at radius 2 is 1.76 bits per heavy atom. The van der Waals surface area contributed by atoms with Crippen molar-refractivity contribution in [3.8, 4) is 0 Å². The highest BCUT2D eigenvalue weighted by molar-refractivity contribution is 5.87.